The van der Waals surface area contributed by atoms with Crippen molar-refractivity contribution >= 4 is 17.5 Å². The molecule has 1 saturated heterocycles. The molecule has 0 atom stereocenters. The van der Waals surface area contributed by atoms with Gasteiger partial charge in [0.25, 0.3) is 5.91 Å². The maximum atomic E-state index is 11.6. The second-order valence-electron chi connectivity index (χ2n) is 4.69. The van der Waals surface area contributed by atoms with Crippen LogP contribution in [0, 0.1) is 0 Å². The quantitative estimate of drug-likeness (QED) is 0.813. The minimum Gasteiger partial charge on any atom is -0.484 e. The van der Waals surface area contributed by atoms with Gasteiger partial charge in [-0.25, -0.2) is 0 Å². The zero-order valence-corrected chi connectivity index (χ0v) is 12.2. The molecule has 1 amide bonds. The SMILES string of the molecule is O=C(COc1cccc(Cl)c1)NCCN1CCNCC1. The van der Waals surface area contributed by atoms with Crippen molar-refractivity contribution in [2.24, 2.45) is 0 Å². The lowest BCUT2D eigenvalue weighted by Crippen LogP contribution is -2.46. The number of carbonyl (C=O) groups excluding carboxylic acids is 1. The van der Waals surface area contributed by atoms with Crippen molar-refractivity contribution in [1.29, 1.82) is 0 Å². The molecule has 1 heterocycles. The summed E-state index contributed by atoms with van der Waals surface area (Å²) < 4.78 is 5.37. The van der Waals surface area contributed by atoms with Crippen LogP contribution in [0.1, 0.15) is 0 Å². The maximum Gasteiger partial charge on any atom is 0.257 e. The van der Waals surface area contributed by atoms with Crippen LogP contribution in [0.3, 0.4) is 0 Å². The van der Waals surface area contributed by atoms with Crippen LogP contribution in [0.25, 0.3) is 0 Å². The second-order valence-corrected chi connectivity index (χ2v) is 5.12. The van der Waals surface area contributed by atoms with Gasteiger partial charge in [-0.05, 0) is 18.2 Å². The number of halogens is 1. The van der Waals surface area contributed by atoms with Gasteiger partial charge in [-0.2, -0.15) is 0 Å². The number of nitrogens with zero attached hydrogens (tertiary/aromatic N) is 1. The number of rotatable bonds is 6. The van der Waals surface area contributed by atoms with E-state index in [1.165, 1.54) is 0 Å². The van der Waals surface area contributed by atoms with Gasteiger partial charge >= 0.3 is 0 Å². The largest absolute Gasteiger partial charge is 0.484 e. The lowest BCUT2D eigenvalue weighted by atomic mass is 10.3. The van der Waals surface area contributed by atoms with Crippen LogP contribution in [-0.2, 0) is 4.79 Å². The number of nitrogens with one attached hydrogen (secondary N) is 2. The number of hydrogen-bond acceptors (Lipinski definition) is 4. The minimum atomic E-state index is -0.111. The molecule has 0 aliphatic carbocycles. The molecule has 0 radical (unpaired) electrons. The van der Waals surface area contributed by atoms with Gasteiger partial charge in [0.2, 0.25) is 0 Å². The first kappa shape index (κ1) is 15.1. The zero-order chi connectivity index (χ0) is 14.2. The molecule has 0 bridgehead atoms. The Kier molecular flexibility index (Phi) is 6.11. The Balaban J connectivity index is 1.60. The summed E-state index contributed by atoms with van der Waals surface area (Å²) in [7, 11) is 0. The minimum absolute atomic E-state index is 0.0158. The van der Waals surface area contributed by atoms with E-state index in [2.05, 4.69) is 15.5 Å². The summed E-state index contributed by atoms with van der Waals surface area (Å²) in [5, 5.41) is 6.75. The zero-order valence-electron chi connectivity index (χ0n) is 11.4. The Morgan fingerprint density at radius 3 is 2.95 bits per heavy atom. The van der Waals surface area contributed by atoms with Gasteiger partial charge in [0.15, 0.2) is 6.61 Å². The van der Waals surface area contributed by atoms with Gasteiger partial charge in [0.05, 0.1) is 0 Å². The van der Waals surface area contributed by atoms with Crippen molar-refractivity contribution in [1.82, 2.24) is 15.5 Å². The molecular formula is C14H20ClN3O2. The highest BCUT2D eigenvalue weighted by Gasteiger charge is 2.09. The van der Waals surface area contributed by atoms with E-state index >= 15 is 0 Å². The van der Waals surface area contributed by atoms with Crippen molar-refractivity contribution in [3.63, 3.8) is 0 Å². The highest BCUT2D eigenvalue weighted by Crippen LogP contribution is 2.16. The van der Waals surface area contributed by atoms with Crippen LogP contribution in [0.2, 0.25) is 5.02 Å². The summed E-state index contributed by atoms with van der Waals surface area (Å²) in [4.78, 5) is 14.0. The van der Waals surface area contributed by atoms with Gasteiger partial charge in [0.1, 0.15) is 5.75 Å². The molecule has 20 heavy (non-hydrogen) atoms. The van der Waals surface area contributed by atoms with Crippen LogP contribution < -0.4 is 15.4 Å². The molecule has 0 spiro atoms. The Morgan fingerprint density at radius 2 is 2.20 bits per heavy atom. The molecule has 0 saturated carbocycles. The molecule has 110 valence electrons. The van der Waals surface area contributed by atoms with Crippen LogP contribution in [0.15, 0.2) is 24.3 Å². The summed E-state index contributed by atoms with van der Waals surface area (Å²) in [6, 6.07) is 7.03. The number of benzene rings is 1. The van der Waals surface area contributed by atoms with Crippen molar-refractivity contribution in [2.75, 3.05) is 45.9 Å². The average Bonchev–Trinajstić information content (AvgIpc) is 2.46. The van der Waals surface area contributed by atoms with Gasteiger partial charge in [0, 0.05) is 44.3 Å². The van der Waals surface area contributed by atoms with E-state index < -0.39 is 0 Å². The van der Waals surface area contributed by atoms with Crippen molar-refractivity contribution in [2.45, 2.75) is 0 Å². The average molecular weight is 298 g/mol. The third-order valence-electron chi connectivity index (χ3n) is 3.13. The van der Waals surface area contributed by atoms with E-state index in [1.54, 1.807) is 24.3 Å². The van der Waals surface area contributed by atoms with E-state index in [0.29, 0.717) is 17.3 Å². The molecule has 1 aliphatic rings. The summed E-state index contributed by atoms with van der Waals surface area (Å²) in [5.74, 6) is 0.495. The Morgan fingerprint density at radius 1 is 1.40 bits per heavy atom. The lowest BCUT2D eigenvalue weighted by Gasteiger charge is -2.27. The topological polar surface area (TPSA) is 53.6 Å². The first-order chi connectivity index (χ1) is 9.74. The van der Waals surface area contributed by atoms with Gasteiger partial charge in [-0.1, -0.05) is 17.7 Å². The Hall–Kier alpha value is -1.30. The number of piperazine rings is 1. The molecule has 1 aromatic rings. The number of ether oxygens (including phenoxy) is 1. The predicted octanol–water partition coefficient (Wildman–Crippen LogP) is 0.740. The fourth-order valence-electron chi connectivity index (χ4n) is 2.04. The molecule has 0 unspecified atom stereocenters. The highest BCUT2D eigenvalue weighted by atomic mass is 35.5. The maximum absolute atomic E-state index is 11.6. The predicted molar refractivity (Wildman–Crippen MR) is 79.3 cm³/mol. The molecule has 1 fully saturated rings. The Bertz CT molecular complexity index is 436. The molecular weight excluding hydrogens is 278 g/mol. The fraction of sp³-hybridized carbons (Fsp3) is 0.500. The fourth-order valence-corrected chi connectivity index (χ4v) is 2.23. The molecule has 6 heteroatoms. The molecule has 2 rings (SSSR count). The first-order valence-electron chi connectivity index (χ1n) is 6.82. The van der Waals surface area contributed by atoms with E-state index in [1.807, 2.05) is 0 Å². The summed E-state index contributed by atoms with van der Waals surface area (Å²) in [6.07, 6.45) is 0. The van der Waals surface area contributed by atoms with Gasteiger partial charge < -0.3 is 15.4 Å². The van der Waals surface area contributed by atoms with E-state index in [4.69, 9.17) is 16.3 Å². The van der Waals surface area contributed by atoms with Gasteiger partial charge in [-0.3, -0.25) is 9.69 Å². The van der Waals surface area contributed by atoms with Crippen molar-refractivity contribution in [3.05, 3.63) is 29.3 Å². The summed E-state index contributed by atoms with van der Waals surface area (Å²) in [5.41, 5.74) is 0. The molecule has 1 aromatic carbocycles. The second kappa shape index (κ2) is 8.09. The van der Waals surface area contributed by atoms with Crippen LogP contribution in [0.4, 0.5) is 0 Å². The van der Waals surface area contributed by atoms with Crippen LogP contribution in [0.5, 0.6) is 5.75 Å². The van der Waals surface area contributed by atoms with E-state index in [0.717, 1.165) is 32.7 Å². The number of amides is 1. The molecule has 0 aromatic heterocycles. The molecule has 2 N–H and O–H groups in total. The summed E-state index contributed by atoms with van der Waals surface area (Å²) >= 11 is 5.84. The van der Waals surface area contributed by atoms with Crippen molar-refractivity contribution in [3.8, 4) is 5.75 Å². The van der Waals surface area contributed by atoms with Gasteiger partial charge in [-0.15, -0.1) is 0 Å². The number of carbonyl (C=O) groups is 1. The highest BCUT2D eigenvalue weighted by molar-refractivity contribution is 6.30. The number of hydrogen-bond donors (Lipinski definition) is 2. The van der Waals surface area contributed by atoms with Crippen LogP contribution in [-0.4, -0.2) is 56.7 Å². The third-order valence-corrected chi connectivity index (χ3v) is 3.36. The van der Waals surface area contributed by atoms with E-state index in [-0.39, 0.29) is 12.5 Å². The standard InChI is InChI=1S/C14H20ClN3O2/c15-12-2-1-3-13(10-12)20-11-14(19)17-6-9-18-7-4-16-5-8-18/h1-3,10,16H,4-9,11H2,(H,17,19). The van der Waals surface area contributed by atoms with E-state index in [9.17, 15) is 4.79 Å². The normalized spacial score (nSPS) is 15.8. The smallest absolute Gasteiger partial charge is 0.257 e. The molecule has 1 aliphatic heterocycles. The van der Waals surface area contributed by atoms with Crippen LogP contribution >= 0.6 is 11.6 Å². The lowest BCUT2D eigenvalue weighted by molar-refractivity contribution is -0.123. The molecule has 5 nitrogen and oxygen atoms in total. The summed E-state index contributed by atoms with van der Waals surface area (Å²) in [6.45, 7) is 5.66. The monoisotopic (exact) mass is 297 g/mol. The third kappa shape index (κ3) is 5.36. The van der Waals surface area contributed by atoms with Crippen molar-refractivity contribution < 1.29 is 9.53 Å². The Labute approximate surface area is 124 Å². The first-order valence-corrected chi connectivity index (χ1v) is 7.20.